The molecule has 2 aromatic heterocycles. The normalized spacial score (nSPS) is 10.2. The van der Waals surface area contributed by atoms with Gasteiger partial charge in [-0.1, -0.05) is 18.2 Å². The predicted molar refractivity (Wildman–Crippen MR) is 66.2 cm³/mol. The number of nitrogens with zero attached hydrogens (tertiary/aromatic N) is 2. The van der Waals surface area contributed by atoms with Gasteiger partial charge in [0.15, 0.2) is 0 Å². The molecule has 0 fully saturated rings. The van der Waals surface area contributed by atoms with E-state index >= 15 is 0 Å². The summed E-state index contributed by atoms with van der Waals surface area (Å²) in [6.45, 7) is 0. The third-order valence-corrected chi connectivity index (χ3v) is 2.43. The third kappa shape index (κ3) is 1.55. The van der Waals surface area contributed by atoms with Crippen LogP contribution in [0.1, 0.15) is 0 Å². The van der Waals surface area contributed by atoms with Crippen LogP contribution < -0.4 is 5.56 Å². The maximum Gasteiger partial charge on any atom is 0.294 e. The average Bonchev–Trinajstić information content (AvgIpc) is 2.64. The summed E-state index contributed by atoms with van der Waals surface area (Å²) in [4.78, 5) is 15.8. The summed E-state index contributed by atoms with van der Waals surface area (Å²) >= 11 is 0. The molecule has 3 rings (SSSR count). The zero-order valence-corrected chi connectivity index (χ0v) is 9.15. The van der Waals surface area contributed by atoms with Crippen LogP contribution in [0.2, 0.25) is 0 Å². The molecule has 0 aliphatic carbocycles. The van der Waals surface area contributed by atoms with Gasteiger partial charge in [0.2, 0.25) is 0 Å². The highest BCUT2D eigenvalue weighted by Crippen LogP contribution is 2.08. The standard InChI is InChI=1S/C12H8N2O.ClH/c15-12-11-6-3-7-14(11)8-9-4-1-2-5-10(9)13-12;/h1-8H;1H. The minimum absolute atomic E-state index is 0. The molecule has 80 valence electrons. The molecule has 2 heterocycles. The Bertz CT molecular complexity index is 706. The molecule has 0 aliphatic rings. The van der Waals surface area contributed by atoms with Crippen LogP contribution in [-0.4, -0.2) is 9.38 Å². The van der Waals surface area contributed by atoms with Gasteiger partial charge in [0.25, 0.3) is 5.56 Å². The Kier molecular flexibility index (Phi) is 2.62. The quantitative estimate of drug-likeness (QED) is 0.596. The first-order valence-electron chi connectivity index (χ1n) is 4.71. The summed E-state index contributed by atoms with van der Waals surface area (Å²) in [5.41, 5.74) is 1.14. The second-order valence-electron chi connectivity index (χ2n) is 3.41. The van der Waals surface area contributed by atoms with Crippen LogP contribution in [0.25, 0.3) is 16.4 Å². The van der Waals surface area contributed by atoms with Gasteiger partial charge in [-0.05, 0) is 18.2 Å². The Morgan fingerprint density at radius 1 is 1.06 bits per heavy atom. The summed E-state index contributed by atoms with van der Waals surface area (Å²) < 4.78 is 1.80. The van der Waals surface area contributed by atoms with Crippen molar-refractivity contribution in [2.75, 3.05) is 0 Å². The Labute approximate surface area is 97.8 Å². The fraction of sp³-hybridized carbons (Fsp3) is 0. The minimum atomic E-state index is -0.193. The van der Waals surface area contributed by atoms with Crippen LogP contribution in [0, 0.1) is 0 Å². The Balaban J connectivity index is 0.000000963. The Morgan fingerprint density at radius 3 is 2.75 bits per heavy atom. The zero-order chi connectivity index (χ0) is 10.3. The lowest BCUT2D eigenvalue weighted by Crippen LogP contribution is -2.02. The largest absolute Gasteiger partial charge is 0.318 e. The fourth-order valence-corrected chi connectivity index (χ4v) is 1.70. The van der Waals surface area contributed by atoms with E-state index in [9.17, 15) is 4.79 Å². The number of aromatic nitrogens is 2. The molecule has 0 bridgehead atoms. The molecule has 16 heavy (non-hydrogen) atoms. The molecule has 0 spiro atoms. The predicted octanol–water partition coefficient (Wildman–Crippen LogP) is 2.27. The van der Waals surface area contributed by atoms with Gasteiger partial charge in [-0.2, -0.15) is 0 Å². The number of hydrogen-bond acceptors (Lipinski definition) is 2. The van der Waals surface area contributed by atoms with Crippen molar-refractivity contribution in [1.82, 2.24) is 9.38 Å². The maximum atomic E-state index is 11.7. The van der Waals surface area contributed by atoms with Gasteiger partial charge in [0.05, 0.1) is 5.52 Å². The Hall–Kier alpha value is -1.87. The summed E-state index contributed by atoms with van der Waals surface area (Å²) in [6.07, 6.45) is 3.77. The lowest BCUT2D eigenvalue weighted by atomic mass is 10.2. The van der Waals surface area contributed by atoms with Crippen LogP contribution in [0.4, 0.5) is 0 Å². The number of rotatable bonds is 0. The molecule has 0 saturated carbocycles. The van der Waals surface area contributed by atoms with Gasteiger partial charge < -0.3 is 4.40 Å². The number of fused-ring (bicyclic) bond motifs is 2. The highest BCUT2D eigenvalue weighted by atomic mass is 35.5. The first kappa shape index (κ1) is 10.6. The summed E-state index contributed by atoms with van der Waals surface area (Å²) in [5.74, 6) is 0. The molecule has 4 heteroatoms. The van der Waals surface area contributed by atoms with Gasteiger partial charge in [0, 0.05) is 17.8 Å². The van der Waals surface area contributed by atoms with Crippen molar-refractivity contribution in [3.05, 3.63) is 59.1 Å². The lowest BCUT2D eigenvalue weighted by Gasteiger charge is -1.88. The molecular formula is C12H9ClN2O. The van der Waals surface area contributed by atoms with E-state index in [0.717, 1.165) is 10.9 Å². The van der Waals surface area contributed by atoms with Crippen LogP contribution >= 0.6 is 12.4 Å². The number of para-hydroxylation sites is 1. The van der Waals surface area contributed by atoms with Crippen LogP contribution in [0.3, 0.4) is 0 Å². The molecule has 0 saturated heterocycles. The summed E-state index contributed by atoms with van der Waals surface area (Å²) in [7, 11) is 0. The highest BCUT2D eigenvalue weighted by molar-refractivity contribution is 5.85. The molecule has 3 aromatic rings. The molecule has 0 N–H and O–H groups in total. The molecule has 1 aromatic carbocycles. The minimum Gasteiger partial charge on any atom is -0.318 e. The molecule has 3 nitrogen and oxygen atoms in total. The Morgan fingerprint density at radius 2 is 1.88 bits per heavy atom. The monoisotopic (exact) mass is 232 g/mol. The average molecular weight is 233 g/mol. The van der Waals surface area contributed by atoms with Crippen molar-refractivity contribution in [2.24, 2.45) is 0 Å². The van der Waals surface area contributed by atoms with Gasteiger partial charge in [-0.25, -0.2) is 4.98 Å². The molecule has 0 aliphatic heterocycles. The van der Waals surface area contributed by atoms with Crippen molar-refractivity contribution in [3.63, 3.8) is 0 Å². The van der Waals surface area contributed by atoms with Crippen molar-refractivity contribution in [1.29, 1.82) is 0 Å². The topological polar surface area (TPSA) is 34.4 Å². The number of halogens is 1. The van der Waals surface area contributed by atoms with E-state index in [-0.39, 0.29) is 18.0 Å². The van der Waals surface area contributed by atoms with Gasteiger partial charge in [-0.15, -0.1) is 12.4 Å². The van der Waals surface area contributed by atoms with Gasteiger partial charge in [0.1, 0.15) is 5.52 Å². The second kappa shape index (κ2) is 3.94. The van der Waals surface area contributed by atoms with E-state index in [1.54, 1.807) is 10.5 Å². The van der Waals surface area contributed by atoms with E-state index in [1.165, 1.54) is 0 Å². The van der Waals surface area contributed by atoms with E-state index in [1.807, 2.05) is 42.7 Å². The summed E-state index contributed by atoms with van der Waals surface area (Å²) in [6, 6.07) is 11.2. The first-order chi connectivity index (χ1) is 7.34. The molecule has 0 unspecified atom stereocenters. The van der Waals surface area contributed by atoms with Crippen molar-refractivity contribution >= 4 is 28.8 Å². The van der Waals surface area contributed by atoms with Gasteiger partial charge >= 0.3 is 0 Å². The highest BCUT2D eigenvalue weighted by Gasteiger charge is 1.98. The van der Waals surface area contributed by atoms with Crippen molar-refractivity contribution in [3.8, 4) is 0 Å². The molecule has 0 atom stereocenters. The number of hydrogen-bond donors (Lipinski definition) is 0. The summed E-state index contributed by atoms with van der Waals surface area (Å²) in [5, 5.41) is 0.959. The molecule has 0 radical (unpaired) electrons. The van der Waals surface area contributed by atoms with Crippen LogP contribution in [0.15, 0.2) is 53.6 Å². The van der Waals surface area contributed by atoms with Crippen LogP contribution in [0.5, 0.6) is 0 Å². The van der Waals surface area contributed by atoms with E-state index < -0.39 is 0 Å². The van der Waals surface area contributed by atoms with Gasteiger partial charge in [-0.3, -0.25) is 4.79 Å². The lowest BCUT2D eigenvalue weighted by molar-refractivity contribution is 1.20. The maximum absolute atomic E-state index is 11.7. The molecular weight excluding hydrogens is 224 g/mol. The molecule has 0 amide bonds. The van der Waals surface area contributed by atoms with Crippen molar-refractivity contribution < 1.29 is 0 Å². The van der Waals surface area contributed by atoms with E-state index in [4.69, 9.17) is 0 Å². The van der Waals surface area contributed by atoms with E-state index in [2.05, 4.69) is 4.98 Å². The zero-order valence-electron chi connectivity index (χ0n) is 8.33. The SMILES string of the molecule is Cl.O=c1nc2ccccc2cn2cccc12. The fourth-order valence-electron chi connectivity index (χ4n) is 1.70. The second-order valence-corrected chi connectivity index (χ2v) is 3.41. The smallest absolute Gasteiger partial charge is 0.294 e. The van der Waals surface area contributed by atoms with Crippen LogP contribution in [-0.2, 0) is 0 Å². The van der Waals surface area contributed by atoms with E-state index in [0.29, 0.717) is 5.52 Å². The third-order valence-electron chi connectivity index (χ3n) is 2.43. The first-order valence-corrected chi connectivity index (χ1v) is 4.71. The number of benzene rings is 1. The van der Waals surface area contributed by atoms with Crippen molar-refractivity contribution in [2.45, 2.75) is 0 Å².